The molecule has 0 unspecified atom stereocenters. The van der Waals surface area contributed by atoms with E-state index in [0.29, 0.717) is 49.0 Å². The van der Waals surface area contributed by atoms with Gasteiger partial charge < -0.3 is 10.1 Å². The Morgan fingerprint density at radius 3 is 2.51 bits per heavy atom. The van der Waals surface area contributed by atoms with E-state index in [2.05, 4.69) is 15.4 Å². The molecule has 3 aromatic rings. The maximum absolute atomic E-state index is 12.9. The number of aromatic nitrogens is 3. The van der Waals surface area contributed by atoms with E-state index in [1.807, 2.05) is 18.2 Å². The summed E-state index contributed by atoms with van der Waals surface area (Å²) in [4.78, 5) is 16.7. The monoisotopic (exact) mass is 497 g/mol. The third-order valence-electron chi connectivity index (χ3n) is 5.94. The lowest BCUT2D eigenvalue weighted by molar-refractivity contribution is -0.116. The summed E-state index contributed by atoms with van der Waals surface area (Å²) < 4.78 is 34.8. The van der Waals surface area contributed by atoms with Crippen LogP contribution in [0.2, 0.25) is 0 Å². The smallest absolute Gasteiger partial charge is 0.243 e. The minimum absolute atomic E-state index is 0.119. The van der Waals surface area contributed by atoms with Crippen molar-refractivity contribution < 1.29 is 17.9 Å². The van der Waals surface area contributed by atoms with Crippen molar-refractivity contribution in [3.8, 4) is 5.75 Å². The van der Waals surface area contributed by atoms with E-state index >= 15 is 0 Å². The van der Waals surface area contributed by atoms with Gasteiger partial charge in [0.15, 0.2) is 0 Å². The number of ether oxygens (including phenoxy) is 1. The van der Waals surface area contributed by atoms with Gasteiger partial charge in [-0.25, -0.2) is 18.1 Å². The lowest BCUT2D eigenvalue weighted by Crippen LogP contribution is -2.31. The Hall–Kier alpha value is -3.24. The molecule has 1 aromatic heterocycles. The van der Waals surface area contributed by atoms with E-state index in [-0.39, 0.29) is 12.3 Å². The summed E-state index contributed by atoms with van der Waals surface area (Å²) in [5, 5.41) is 6.92. The van der Waals surface area contributed by atoms with E-state index in [1.54, 1.807) is 45.6 Å². The molecular formula is C25H31N5O4S. The number of hydrogen-bond donors (Lipinski definition) is 1. The van der Waals surface area contributed by atoms with Crippen molar-refractivity contribution in [2.24, 2.45) is 0 Å². The van der Waals surface area contributed by atoms with Gasteiger partial charge in [-0.1, -0.05) is 31.0 Å². The molecule has 4 rings (SSSR count). The number of hydrogen-bond acceptors (Lipinski definition) is 6. The fourth-order valence-corrected chi connectivity index (χ4v) is 5.53. The number of nitrogens with one attached hydrogen (secondary N) is 1. The molecule has 1 fully saturated rings. The van der Waals surface area contributed by atoms with Crippen LogP contribution in [0.5, 0.6) is 5.75 Å². The van der Waals surface area contributed by atoms with Gasteiger partial charge in [-0.3, -0.25) is 4.79 Å². The maximum atomic E-state index is 12.9. The molecule has 1 N–H and O–H groups in total. The number of nitrogens with zero attached hydrogens (tertiary/aromatic N) is 4. The van der Waals surface area contributed by atoms with Crippen molar-refractivity contribution in [2.75, 3.05) is 25.0 Å². The first-order valence-corrected chi connectivity index (χ1v) is 13.4. The molecular weight excluding hydrogens is 466 g/mol. The zero-order valence-corrected chi connectivity index (χ0v) is 20.5. The Bertz CT molecular complexity index is 1190. The molecule has 0 saturated carbocycles. The van der Waals surface area contributed by atoms with E-state index < -0.39 is 10.0 Å². The quantitative estimate of drug-likeness (QED) is 0.460. The van der Waals surface area contributed by atoms with Crippen molar-refractivity contribution in [1.29, 1.82) is 0 Å². The predicted molar refractivity (Wildman–Crippen MR) is 133 cm³/mol. The van der Waals surface area contributed by atoms with Crippen LogP contribution >= 0.6 is 0 Å². The number of carbonyl (C=O) groups is 1. The Morgan fingerprint density at radius 1 is 1.03 bits per heavy atom. The molecule has 9 nitrogen and oxygen atoms in total. The highest BCUT2D eigenvalue weighted by atomic mass is 32.2. The number of rotatable bonds is 10. The number of sulfonamides is 1. The maximum Gasteiger partial charge on any atom is 0.243 e. The Balaban J connectivity index is 1.25. The van der Waals surface area contributed by atoms with E-state index in [4.69, 9.17) is 4.74 Å². The van der Waals surface area contributed by atoms with Crippen LogP contribution in [0.1, 0.15) is 37.7 Å². The van der Waals surface area contributed by atoms with Gasteiger partial charge in [-0.2, -0.15) is 9.40 Å². The first-order chi connectivity index (χ1) is 17.0. The second kappa shape index (κ2) is 11.9. The van der Waals surface area contributed by atoms with Crippen molar-refractivity contribution in [2.45, 2.75) is 50.0 Å². The predicted octanol–water partition coefficient (Wildman–Crippen LogP) is 3.49. The molecule has 0 radical (unpaired) electrons. The van der Waals surface area contributed by atoms with Crippen LogP contribution in [0.4, 0.5) is 5.69 Å². The summed E-state index contributed by atoms with van der Waals surface area (Å²) in [6.45, 7) is 2.18. The van der Waals surface area contributed by atoms with Crippen molar-refractivity contribution in [1.82, 2.24) is 19.1 Å². The largest absolute Gasteiger partial charge is 0.492 e. The van der Waals surface area contributed by atoms with E-state index in [0.717, 1.165) is 31.2 Å². The van der Waals surface area contributed by atoms with Crippen LogP contribution in [0.3, 0.4) is 0 Å². The first-order valence-electron chi connectivity index (χ1n) is 11.9. The highest BCUT2D eigenvalue weighted by Crippen LogP contribution is 2.21. The second-order valence-corrected chi connectivity index (χ2v) is 10.5. The van der Waals surface area contributed by atoms with Gasteiger partial charge >= 0.3 is 0 Å². The fourth-order valence-electron chi connectivity index (χ4n) is 4.01. The van der Waals surface area contributed by atoms with Gasteiger partial charge in [0.2, 0.25) is 15.9 Å². The molecule has 35 heavy (non-hydrogen) atoms. The van der Waals surface area contributed by atoms with Crippen LogP contribution in [0.15, 0.2) is 66.1 Å². The Morgan fingerprint density at radius 2 is 1.80 bits per heavy atom. The third-order valence-corrected chi connectivity index (χ3v) is 7.85. The van der Waals surface area contributed by atoms with Crippen LogP contribution in [0.25, 0.3) is 0 Å². The lowest BCUT2D eigenvalue weighted by atomic mass is 10.1. The zero-order chi connectivity index (χ0) is 24.5. The highest BCUT2D eigenvalue weighted by Gasteiger charge is 2.24. The van der Waals surface area contributed by atoms with Gasteiger partial charge in [-0.15, -0.1) is 0 Å². The van der Waals surface area contributed by atoms with Gasteiger partial charge in [-0.05, 0) is 49.1 Å². The van der Waals surface area contributed by atoms with Crippen LogP contribution in [-0.4, -0.2) is 53.1 Å². The summed E-state index contributed by atoms with van der Waals surface area (Å²) in [5.41, 5.74) is 1.58. The van der Waals surface area contributed by atoms with E-state index in [1.165, 1.54) is 6.33 Å². The minimum atomic E-state index is -3.46. The van der Waals surface area contributed by atoms with Crippen LogP contribution in [0, 0.1) is 0 Å². The number of aryl methyl sites for hydroxylation is 1. The van der Waals surface area contributed by atoms with Gasteiger partial charge in [0.05, 0.1) is 11.4 Å². The molecule has 1 aliphatic heterocycles. The van der Waals surface area contributed by atoms with Crippen molar-refractivity contribution in [3.63, 3.8) is 0 Å². The molecule has 10 heteroatoms. The molecule has 0 spiro atoms. The summed E-state index contributed by atoms with van der Waals surface area (Å²) in [6, 6.07) is 14.1. The normalized spacial score (nSPS) is 14.9. The molecule has 186 valence electrons. The van der Waals surface area contributed by atoms with Gasteiger partial charge in [0.1, 0.15) is 25.0 Å². The molecule has 0 bridgehead atoms. The first kappa shape index (κ1) is 24.9. The molecule has 1 amide bonds. The lowest BCUT2D eigenvalue weighted by Gasteiger charge is -2.20. The van der Waals surface area contributed by atoms with Crippen LogP contribution < -0.4 is 10.1 Å². The molecule has 0 aliphatic carbocycles. The topological polar surface area (TPSA) is 106 Å². The van der Waals surface area contributed by atoms with Crippen LogP contribution in [-0.2, 0) is 27.8 Å². The second-order valence-electron chi connectivity index (χ2n) is 8.55. The van der Waals surface area contributed by atoms with Crippen molar-refractivity contribution in [3.05, 3.63) is 66.7 Å². The summed E-state index contributed by atoms with van der Waals surface area (Å²) in [7, 11) is -3.46. The summed E-state index contributed by atoms with van der Waals surface area (Å²) in [5.74, 6) is 0.537. The van der Waals surface area contributed by atoms with E-state index in [9.17, 15) is 13.2 Å². The third kappa shape index (κ3) is 7.12. The Labute approximate surface area is 206 Å². The fraction of sp³-hybridized carbons (Fsp3) is 0.400. The number of amides is 1. The van der Waals surface area contributed by atoms with Gasteiger partial charge in [0, 0.05) is 31.3 Å². The summed E-state index contributed by atoms with van der Waals surface area (Å²) >= 11 is 0. The number of carbonyl (C=O) groups excluding carboxylic acids is 1. The van der Waals surface area contributed by atoms with Gasteiger partial charge in [0.25, 0.3) is 0 Å². The molecule has 1 saturated heterocycles. The zero-order valence-electron chi connectivity index (χ0n) is 19.7. The Kier molecular flexibility index (Phi) is 8.49. The number of anilines is 1. The highest BCUT2D eigenvalue weighted by molar-refractivity contribution is 7.89. The van der Waals surface area contributed by atoms with Crippen molar-refractivity contribution >= 4 is 21.6 Å². The molecule has 1 aliphatic rings. The summed E-state index contributed by atoms with van der Waals surface area (Å²) in [6.07, 6.45) is 7.88. The SMILES string of the molecule is O=C(CCc1ccc(S(=O)(=O)N2CCCCCC2)cc1)Nc1cccc(OCCn2cncn2)c1. The minimum Gasteiger partial charge on any atom is -0.492 e. The molecule has 2 aromatic carbocycles. The molecule has 2 heterocycles. The molecule has 0 atom stereocenters. The average molecular weight is 498 g/mol. The standard InChI is InChI=1S/C25H31N5O4S/c31-25(28-22-6-5-7-23(18-22)34-17-16-29-20-26-19-27-29)13-10-21-8-11-24(12-9-21)35(32,33)30-14-3-1-2-4-15-30/h5-9,11-12,18-20H,1-4,10,13-17H2,(H,28,31). The average Bonchev–Trinajstić information content (AvgIpc) is 3.22. The number of benzene rings is 2.